The van der Waals surface area contributed by atoms with Gasteiger partial charge in [-0.1, -0.05) is 29.8 Å². The minimum absolute atomic E-state index is 0.184. The highest BCUT2D eigenvalue weighted by Crippen LogP contribution is 2.30. The van der Waals surface area contributed by atoms with Crippen molar-refractivity contribution in [3.05, 3.63) is 64.7 Å². The molecule has 24 heavy (non-hydrogen) atoms. The van der Waals surface area contributed by atoms with Gasteiger partial charge in [-0.25, -0.2) is 4.79 Å². The summed E-state index contributed by atoms with van der Waals surface area (Å²) in [5.74, 6) is 0.888. The van der Waals surface area contributed by atoms with E-state index in [1.54, 1.807) is 20.3 Å². The van der Waals surface area contributed by atoms with Crippen molar-refractivity contribution in [2.75, 3.05) is 14.2 Å². The third kappa shape index (κ3) is 4.62. The van der Waals surface area contributed by atoms with Gasteiger partial charge in [-0.3, -0.25) is 0 Å². The normalized spacial score (nSPS) is 10.7. The molecule has 0 aliphatic rings. The number of methoxy groups -OCH3 is 2. The Kier molecular flexibility index (Phi) is 6.01. The topological polar surface area (TPSA) is 44.8 Å². The Hall–Kier alpha value is -2.75. The molecule has 0 aliphatic heterocycles. The second kappa shape index (κ2) is 8.20. The summed E-state index contributed by atoms with van der Waals surface area (Å²) in [5.41, 5.74) is 3.97. The van der Waals surface area contributed by atoms with Gasteiger partial charge in [-0.2, -0.15) is 0 Å². The highest BCUT2D eigenvalue weighted by molar-refractivity contribution is 5.87. The Labute approximate surface area is 142 Å². The number of ether oxygens (including phenoxy) is 3. The van der Waals surface area contributed by atoms with Gasteiger partial charge in [0.05, 0.1) is 14.2 Å². The van der Waals surface area contributed by atoms with Crippen LogP contribution >= 0.6 is 0 Å². The Morgan fingerprint density at radius 3 is 2.42 bits per heavy atom. The minimum atomic E-state index is -0.384. The van der Waals surface area contributed by atoms with Crippen LogP contribution in [0.1, 0.15) is 22.3 Å². The van der Waals surface area contributed by atoms with Gasteiger partial charge in [0.15, 0.2) is 11.5 Å². The van der Waals surface area contributed by atoms with Gasteiger partial charge in [0, 0.05) is 6.08 Å². The summed E-state index contributed by atoms with van der Waals surface area (Å²) in [4.78, 5) is 11.9. The van der Waals surface area contributed by atoms with Crippen molar-refractivity contribution in [3.63, 3.8) is 0 Å². The van der Waals surface area contributed by atoms with Crippen molar-refractivity contribution in [2.24, 2.45) is 0 Å². The second-order valence-electron chi connectivity index (χ2n) is 5.49. The lowest BCUT2D eigenvalue weighted by Gasteiger charge is -2.12. The van der Waals surface area contributed by atoms with E-state index in [0.717, 1.165) is 22.3 Å². The molecule has 0 unspecified atom stereocenters. The van der Waals surface area contributed by atoms with E-state index in [4.69, 9.17) is 14.2 Å². The first-order chi connectivity index (χ1) is 11.5. The summed E-state index contributed by atoms with van der Waals surface area (Å²) in [6, 6.07) is 11.6. The summed E-state index contributed by atoms with van der Waals surface area (Å²) < 4.78 is 15.8. The summed E-state index contributed by atoms with van der Waals surface area (Å²) >= 11 is 0. The molecule has 0 aliphatic carbocycles. The third-order valence-corrected chi connectivity index (χ3v) is 3.67. The lowest BCUT2D eigenvalue weighted by Crippen LogP contribution is -2.03. The minimum Gasteiger partial charge on any atom is -0.493 e. The molecule has 126 valence electrons. The SMILES string of the molecule is COc1cc(C)c(COC(=O)/C=C/c2cccc(C)c2)cc1OC. The zero-order chi connectivity index (χ0) is 17.5. The molecule has 2 aromatic rings. The van der Waals surface area contributed by atoms with E-state index < -0.39 is 0 Å². The van der Waals surface area contributed by atoms with E-state index in [0.29, 0.717) is 11.5 Å². The highest BCUT2D eigenvalue weighted by Gasteiger charge is 2.09. The highest BCUT2D eigenvalue weighted by atomic mass is 16.5. The second-order valence-corrected chi connectivity index (χ2v) is 5.49. The number of aryl methyl sites for hydroxylation is 2. The van der Waals surface area contributed by atoms with Crippen LogP contribution in [0.3, 0.4) is 0 Å². The average Bonchev–Trinajstić information content (AvgIpc) is 2.58. The fourth-order valence-corrected chi connectivity index (χ4v) is 2.31. The van der Waals surface area contributed by atoms with Crippen LogP contribution in [0.25, 0.3) is 6.08 Å². The van der Waals surface area contributed by atoms with Crippen LogP contribution in [0, 0.1) is 13.8 Å². The first-order valence-electron chi connectivity index (χ1n) is 7.66. The molecular formula is C20H22O4. The molecular weight excluding hydrogens is 304 g/mol. The zero-order valence-corrected chi connectivity index (χ0v) is 14.5. The summed E-state index contributed by atoms with van der Waals surface area (Å²) in [7, 11) is 3.17. The predicted octanol–water partition coefficient (Wildman–Crippen LogP) is 4.08. The molecule has 0 fully saturated rings. The van der Waals surface area contributed by atoms with Crippen LogP contribution in [0.15, 0.2) is 42.5 Å². The maximum Gasteiger partial charge on any atom is 0.331 e. The summed E-state index contributed by atoms with van der Waals surface area (Å²) in [6.45, 7) is 4.13. The van der Waals surface area contributed by atoms with Gasteiger partial charge in [0.25, 0.3) is 0 Å². The summed E-state index contributed by atoms with van der Waals surface area (Å²) in [5, 5.41) is 0. The molecule has 0 saturated carbocycles. The largest absolute Gasteiger partial charge is 0.493 e. The number of hydrogen-bond donors (Lipinski definition) is 0. The lowest BCUT2D eigenvalue weighted by molar-refractivity contribution is -0.138. The third-order valence-electron chi connectivity index (χ3n) is 3.67. The Morgan fingerprint density at radius 2 is 1.75 bits per heavy atom. The van der Waals surface area contributed by atoms with Crippen molar-refractivity contribution in [1.29, 1.82) is 0 Å². The van der Waals surface area contributed by atoms with Gasteiger partial charge in [0.1, 0.15) is 6.61 Å². The van der Waals surface area contributed by atoms with Crippen molar-refractivity contribution in [3.8, 4) is 11.5 Å². The van der Waals surface area contributed by atoms with Gasteiger partial charge in [-0.15, -0.1) is 0 Å². The molecule has 0 amide bonds. The smallest absolute Gasteiger partial charge is 0.331 e. The van der Waals surface area contributed by atoms with Gasteiger partial charge in [0.2, 0.25) is 0 Å². The number of esters is 1. The van der Waals surface area contributed by atoms with E-state index in [9.17, 15) is 4.79 Å². The monoisotopic (exact) mass is 326 g/mol. The molecule has 0 aromatic heterocycles. The van der Waals surface area contributed by atoms with Crippen LogP contribution in [0.5, 0.6) is 11.5 Å². The first-order valence-corrected chi connectivity index (χ1v) is 7.66. The average molecular weight is 326 g/mol. The maximum atomic E-state index is 11.9. The fraction of sp³-hybridized carbons (Fsp3) is 0.250. The van der Waals surface area contributed by atoms with Gasteiger partial charge < -0.3 is 14.2 Å². The first kappa shape index (κ1) is 17.6. The molecule has 2 aromatic carbocycles. The molecule has 0 radical (unpaired) electrons. The summed E-state index contributed by atoms with van der Waals surface area (Å²) in [6.07, 6.45) is 3.18. The van der Waals surface area contributed by atoms with E-state index in [1.807, 2.05) is 50.2 Å². The van der Waals surface area contributed by atoms with Crippen LogP contribution in [-0.4, -0.2) is 20.2 Å². The zero-order valence-electron chi connectivity index (χ0n) is 14.5. The number of benzene rings is 2. The number of carbonyl (C=O) groups is 1. The fourth-order valence-electron chi connectivity index (χ4n) is 2.31. The van der Waals surface area contributed by atoms with Crippen molar-refractivity contribution >= 4 is 12.0 Å². The van der Waals surface area contributed by atoms with E-state index in [1.165, 1.54) is 6.08 Å². The van der Waals surface area contributed by atoms with Crippen LogP contribution < -0.4 is 9.47 Å². The maximum absolute atomic E-state index is 11.9. The Bertz CT molecular complexity index is 747. The van der Waals surface area contributed by atoms with Crippen LogP contribution in [0.2, 0.25) is 0 Å². The standard InChI is InChI=1S/C20H22O4/c1-14-6-5-7-16(10-14)8-9-20(21)24-13-17-12-19(23-4)18(22-3)11-15(17)2/h5-12H,13H2,1-4H3/b9-8+. The molecule has 0 N–H and O–H groups in total. The molecule has 2 rings (SSSR count). The molecule has 0 spiro atoms. The molecule has 0 atom stereocenters. The van der Waals surface area contributed by atoms with E-state index >= 15 is 0 Å². The molecule has 0 heterocycles. The van der Waals surface area contributed by atoms with E-state index in [2.05, 4.69) is 0 Å². The molecule has 0 bridgehead atoms. The van der Waals surface area contributed by atoms with Crippen LogP contribution in [-0.2, 0) is 16.1 Å². The number of hydrogen-bond acceptors (Lipinski definition) is 4. The Balaban J connectivity index is 2.01. The quantitative estimate of drug-likeness (QED) is 0.593. The van der Waals surface area contributed by atoms with Crippen molar-refractivity contribution in [1.82, 2.24) is 0 Å². The Morgan fingerprint density at radius 1 is 1.04 bits per heavy atom. The molecule has 0 saturated heterocycles. The van der Waals surface area contributed by atoms with Crippen LogP contribution in [0.4, 0.5) is 0 Å². The lowest BCUT2D eigenvalue weighted by atomic mass is 10.1. The van der Waals surface area contributed by atoms with Gasteiger partial charge in [-0.05, 0) is 48.7 Å². The molecule has 4 heteroatoms. The number of rotatable bonds is 6. The van der Waals surface area contributed by atoms with E-state index in [-0.39, 0.29) is 12.6 Å². The predicted molar refractivity (Wildman–Crippen MR) is 94.3 cm³/mol. The van der Waals surface area contributed by atoms with Gasteiger partial charge >= 0.3 is 5.97 Å². The van der Waals surface area contributed by atoms with Crippen molar-refractivity contribution in [2.45, 2.75) is 20.5 Å². The number of carbonyl (C=O) groups excluding carboxylic acids is 1. The molecule has 4 nitrogen and oxygen atoms in total. The van der Waals surface area contributed by atoms with Crippen molar-refractivity contribution < 1.29 is 19.0 Å².